The number of amides is 1. The van der Waals surface area contributed by atoms with E-state index in [1.165, 1.54) is 7.11 Å². The maximum Gasteiger partial charge on any atom is 0.325 e. The van der Waals surface area contributed by atoms with Crippen molar-refractivity contribution in [2.24, 2.45) is 0 Å². The van der Waals surface area contributed by atoms with E-state index < -0.39 is 11.9 Å². The van der Waals surface area contributed by atoms with E-state index in [0.29, 0.717) is 22.4 Å². The van der Waals surface area contributed by atoms with Gasteiger partial charge in [-0.05, 0) is 24.3 Å². The van der Waals surface area contributed by atoms with Crippen molar-refractivity contribution in [3.8, 4) is 11.8 Å². The summed E-state index contributed by atoms with van der Waals surface area (Å²) in [6, 6.07) is 15.5. The molecule has 0 spiro atoms. The summed E-state index contributed by atoms with van der Waals surface area (Å²) in [7, 11) is 1.51. The first-order valence-electron chi connectivity index (χ1n) is 7.20. The number of esters is 1. The number of nitrogens with one attached hydrogen (secondary N) is 1. The van der Waals surface area contributed by atoms with Crippen LogP contribution in [-0.2, 0) is 16.1 Å². The first-order chi connectivity index (χ1) is 11.6. The lowest BCUT2D eigenvalue weighted by Crippen LogP contribution is -2.30. The third-order valence-electron chi connectivity index (χ3n) is 3.25. The summed E-state index contributed by atoms with van der Waals surface area (Å²) in [5.41, 5.74) is 1.45. The predicted octanol–water partition coefficient (Wildman–Crippen LogP) is 2.04. The van der Waals surface area contributed by atoms with Gasteiger partial charge in [0, 0.05) is 11.1 Å². The number of carbonyl (C=O) groups is 2. The lowest BCUT2D eigenvalue weighted by Gasteiger charge is -2.08. The standard InChI is InChI=1S/C18H16N2O4/c1-23-16-8-4-7-13(9-16)18(22)20-11-17(21)24-12-15-6-3-2-5-14(15)10-19/h2-9H,11-12H2,1H3,(H,20,22). The van der Waals surface area contributed by atoms with Crippen LogP contribution in [0.4, 0.5) is 0 Å². The minimum Gasteiger partial charge on any atom is -0.497 e. The van der Waals surface area contributed by atoms with Crippen molar-refractivity contribution in [3.05, 3.63) is 65.2 Å². The monoisotopic (exact) mass is 324 g/mol. The molecule has 0 aliphatic rings. The Kier molecular flexibility index (Phi) is 5.92. The van der Waals surface area contributed by atoms with Crippen molar-refractivity contribution in [1.29, 1.82) is 5.26 Å². The Hall–Kier alpha value is -3.33. The molecule has 6 heteroatoms. The van der Waals surface area contributed by atoms with Crippen LogP contribution in [0.15, 0.2) is 48.5 Å². The maximum absolute atomic E-state index is 12.0. The normalized spacial score (nSPS) is 9.67. The number of hydrogen-bond acceptors (Lipinski definition) is 5. The van der Waals surface area contributed by atoms with Gasteiger partial charge in [0.25, 0.3) is 5.91 Å². The Bertz CT molecular complexity index is 781. The van der Waals surface area contributed by atoms with Crippen LogP contribution in [0.25, 0.3) is 0 Å². The molecule has 0 heterocycles. The molecule has 0 unspecified atom stereocenters. The van der Waals surface area contributed by atoms with E-state index >= 15 is 0 Å². The molecule has 1 N–H and O–H groups in total. The number of carbonyl (C=O) groups excluding carboxylic acids is 2. The van der Waals surface area contributed by atoms with E-state index in [4.69, 9.17) is 14.7 Å². The van der Waals surface area contributed by atoms with Gasteiger partial charge in [-0.1, -0.05) is 24.3 Å². The van der Waals surface area contributed by atoms with Crippen molar-refractivity contribution < 1.29 is 19.1 Å². The van der Waals surface area contributed by atoms with Gasteiger partial charge in [-0.3, -0.25) is 9.59 Å². The smallest absolute Gasteiger partial charge is 0.325 e. The molecular weight excluding hydrogens is 308 g/mol. The first-order valence-corrected chi connectivity index (χ1v) is 7.20. The zero-order valence-electron chi connectivity index (χ0n) is 13.1. The minimum atomic E-state index is -0.584. The van der Waals surface area contributed by atoms with Gasteiger partial charge < -0.3 is 14.8 Å². The molecule has 0 saturated carbocycles. The van der Waals surface area contributed by atoms with Crippen LogP contribution in [0.3, 0.4) is 0 Å². The topological polar surface area (TPSA) is 88.4 Å². The minimum absolute atomic E-state index is 0.0163. The fraction of sp³-hybridized carbons (Fsp3) is 0.167. The molecule has 0 aromatic heterocycles. The highest BCUT2D eigenvalue weighted by atomic mass is 16.5. The highest BCUT2D eigenvalue weighted by Gasteiger charge is 2.10. The SMILES string of the molecule is COc1cccc(C(=O)NCC(=O)OCc2ccccc2C#N)c1. The molecule has 24 heavy (non-hydrogen) atoms. The van der Waals surface area contributed by atoms with Crippen molar-refractivity contribution in [2.75, 3.05) is 13.7 Å². The Labute approximate surface area is 139 Å². The van der Waals surface area contributed by atoms with Crippen molar-refractivity contribution in [3.63, 3.8) is 0 Å². The number of methoxy groups -OCH3 is 1. The van der Waals surface area contributed by atoms with Crippen molar-refractivity contribution in [2.45, 2.75) is 6.61 Å². The average Bonchev–Trinajstić information content (AvgIpc) is 2.64. The van der Waals surface area contributed by atoms with Crippen LogP contribution in [0.2, 0.25) is 0 Å². The molecule has 0 bridgehead atoms. The third-order valence-corrected chi connectivity index (χ3v) is 3.25. The predicted molar refractivity (Wildman–Crippen MR) is 86.3 cm³/mol. The highest BCUT2D eigenvalue weighted by molar-refractivity contribution is 5.96. The molecule has 2 aromatic carbocycles. The Morgan fingerprint density at radius 1 is 1.17 bits per heavy atom. The summed E-state index contributed by atoms with van der Waals surface area (Å²) in [5.74, 6) is -0.430. The van der Waals surface area contributed by atoms with Gasteiger partial charge in [0.15, 0.2) is 0 Å². The molecule has 0 aliphatic carbocycles. The van der Waals surface area contributed by atoms with E-state index in [1.807, 2.05) is 6.07 Å². The number of nitriles is 1. The van der Waals surface area contributed by atoms with E-state index in [0.717, 1.165) is 0 Å². The maximum atomic E-state index is 12.0. The second kappa shape index (κ2) is 8.34. The molecular formula is C18H16N2O4. The summed E-state index contributed by atoms with van der Waals surface area (Å²) in [5, 5.41) is 11.5. The van der Waals surface area contributed by atoms with Crippen molar-refractivity contribution >= 4 is 11.9 Å². The fourth-order valence-corrected chi connectivity index (χ4v) is 1.98. The van der Waals surface area contributed by atoms with Crippen molar-refractivity contribution in [1.82, 2.24) is 5.32 Å². The molecule has 6 nitrogen and oxygen atoms in total. The van der Waals surface area contributed by atoms with Gasteiger partial charge in [-0.25, -0.2) is 0 Å². The highest BCUT2D eigenvalue weighted by Crippen LogP contribution is 2.12. The van der Waals surface area contributed by atoms with E-state index in [-0.39, 0.29) is 13.2 Å². The van der Waals surface area contributed by atoms with Gasteiger partial charge in [0.1, 0.15) is 18.9 Å². The largest absolute Gasteiger partial charge is 0.497 e. The molecule has 0 atom stereocenters. The van der Waals surface area contributed by atoms with Crippen LogP contribution in [0.1, 0.15) is 21.5 Å². The second-order valence-electron chi connectivity index (χ2n) is 4.84. The van der Waals surface area contributed by atoms with Gasteiger partial charge in [0.05, 0.1) is 18.7 Å². The molecule has 0 saturated heterocycles. The number of benzene rings is 2. The number of ether oxygens (including phenoxy) is 2. The Morgan fingerprint density at radius 3 is 2.71 bits per heavy atom. The molecule has 2 aromatic rings. The molecule has 2 rings (SSSR count). The average molecular weight is 324 g/mol. The summed E-state index contributed by atoms with van der Waals surface area (Å²) < 4.78 is 10.1. The van der Waals surface area contributed by atoms with E-state index in [2.05, 4.69) is 5.32 Å². The van der Waals surface area contributed by atoms with Crippen LogP contribution in [-0.4, -0.2) is 25.5 Å². The number of rotatable bonds is 6. The fourth-order valence-electron chi connectivity index (χ4n) is 1.98. The molecule has 0 radical (unpaired) electrons. The zero-order chi connectivity index (χ0) is 17.4. The molecule has 0 aliphatic heterocycles. The lowest BCUT2D eigenvalue weighted by atomic mass is 10.1. The Morgan fingerprint density at radius 2 is 1.96 bits per heavy atom. The Balaban J connectivity index is 1.84. The lowest BCUT2D eigenvalue weighted by molar-refractivity contribution is -0.143. The van der Waals surface area contributed by atoms with Crippen LogP contribution >= 0.6 is 0 Å². The van der Waals surface area contributed by atoms with Gasteiger partial charge in [-0.2, -0.15) is 5.26 Å². The van der Waals surface area contributed by atoms with Gasteiger partial charge >= 0.3 is 5.97 Å². The summed E-state index contributed by atoms with van der Waals surface area (Å²) in [4.78, 5) is 23.7. The summed E-state index contributed by atoms with van der Waals surface area (Å²) in [6.45, 7) is -0.275. The van der Waals surface area contributed by atoms with E-state index in [9.17, 15) is 9.59 Å². The summed E-state index contributed by atoms with van der Waals surface area (Å²) >= 11 is 0. The van der Waals surface area contributed by atoms with Gasteiger partial charge in [-0.15, -0.1) is 0 Å². The zero-order valence-corrected chi connectivity index (χ0v) is 13.1. The van der Waals surface area contributed by atoms with Gasteiger partial charge in [0.2, 0.25) is 0 Å². The third kappa shape index (κ3) is 4.58. The molecule has 122 valence electrons. The second-order valence-corrected chi connectivity index (χ2v) is 4.84. The number of nitrogens with zero attached hydrogens (tertiary/aromatic N) is 1. The molecule has 1 amide bonds. The number of hydrogen-bond donors (Lipinski definition) is 1. The first kappa shape index (κ1) is 17.0. The van der Waals surface area contributed by atoms with Crippen LogP contribution in [0, 0.1) is 11.3 Å². The summed E-state index contributed by atoms with van der Waals surface area (Å²) in [6.07, 6.45) is 0. The molecule has 0 fully saturated rings. The van der Waals surface area contributed by atoms with Crippen LogP contribution < -0.4 is 10.1 Å². The van der Waals surface area contributed by atoms with E-state index in [1.54, 1.807) is 48.5 Å². The quantitative estimate of drug-likeness (QED) is 0.822. The van der Waals surface area contributed by atoms with Crippen LogP contribution in [0.5, 0.6) is 5.75 Å².